The third-order valence-electron chi connectivity index (χ3n) is 3.10. The highest BCUT2D eigenvalue weighted by Gasteiger charge is 2.12. The number of hydrogen-bond acceptors (Lipinski definition) is 3. The van der Waals surface area contributed by atoms with Gasteiger partial charge in [-0.1, -0.05) is 0 Å². The highest BCUT2D eigenvalue weighted by Crippen LogP contribution is 2.18. The van der Waals surface area contributed by atoms with Gasteiger partial charge >= 0.3 is 0 Å². The minimum absolute atomic E-state index is 0. The number of rotatable bonds is 5. The van der Waals surface area contributed by atoms with Crippen molar-refractivity contribution in [2.24, 2.45) is 0 Å². The van der Waals surface area contributed by atoms with Crippen molar-refractivity contribution >= 4 is 12.4 Å². The van der Waals surface area contributed by atoms with Gasteiger partial charge in [0.15, 0.2) is 0 Å². The van der Waals surface area contributed by atoms with Crippen LogP contribution in [-0.2, 0) is 6.54 Å². The van der Waals surface area contributed by atoms with Crippen molar-refractivity contribution in [2.75, 3.05) is 13.2 Å². The van der Waals surface area contributed by atoms with Crippen LogP contribution in [0.2, 0.25) is 0 Å². The molecule has 2 N–H and O–H groups in total. The molecule has 0 saturated heterocycles. The van der Waals surface area contributed by atoms with E-state index in [0.29, 0.717) is 13.1 Å². The Balaban J connectivity index is 0.00000200. The molecule has 0 radical (unpaired) electrons. The average molecular weight is 300 g/mol. The molecular formula is C14H19ClFN3O. The monoisotopic (exact) mass is 299 g/mol. The first-order valence-electron chi connectivity index (χ1n) is 6.26. The molecule has 0 atom stereocenters. The van der Waals surface area contributed by atoms with Crippen LogP contribution in [-0.4, -0.2) is 28.0 Å². The van der Waals surface area contributed by atoms with Crippen molar-refractivity contribution in [3.63, 3.8) is 0 Å². The zero-order valence-corrected chi connectivity index (χ0v) is 12.4. The summed E-state index contributed by atoms with van der Waals surface area (Å²) in [6.07, 6.45) is 0. The van der Waals surface area contributed by atoms with E-state index in [4.69, 9.17) is 5.11 Å². The minimum Gasteiger partial charge on any atom is -0.395 e. The summed E-state index contributed by atoms with van der Waals surface area (Å²) in [7, 11) is 0. The van der Waals surface area contributed by atoms with E-state index >= 15 is 0 Å². The lowest BCUT2D eigenvalue weighted by atomic mass is 10.2. The van der Waals surface area contributed by atoms with Crippen LogP contribution < -0.4 is 5.32 Å². The van der Waals surface area contributed by atoms with Gasteiger partial charge in [0.05, 0.1) is 18.0 Å². The fourth-order valence-electron chi connectivity index (χ4n) is 2.06. The molecule has 4 nitrogen and oxygen atoms in total. The Bertz CT molecular complexity index is 554. The van der Waals surface area contributed by atoms with Gasteiger partial charge in [-0.3, -0.25) is 0 Å². The summed E-state index contributed by atoms with van der Waals surface area (Å²) in [6, 6.07) is 6.27. The average Bonchev–Trinajstić information content (AvgIpc) is 2.68. The normalized spacial score (nSPS) is 10.4. The van der Waals surface area contributed by atoms with E-state index in [2.05, 4.69) is 10.4 Å². The summed E-state index contributed by atoms with van der Waals surface area (Å²) in [4.78, 5) is 0. The summed E-state index contributed by atoms with van der Waals surface area (Å²) in [5.74, 6) is -0.255. The van der Waals surface area contributed by atoms with Crippen molar-refractivity contribution < 1.29 is 9.50 Å². The molecule has 0 aliphatic rings. The number of aryl methyl sites for hydroxylation is 1. The predicted molar refractivity (Wildman–Crippen MR) is 79.0 cm³/mol. The lowest BCUT2D eigenvalue weighted by Crippen LogP contribution is -2.18. The van der Waals surface area contributed by atoms with E-state index in [0.717, 1.165) is 22.6 Å². The number of nitrogens with zero attached hydrogens (tertiary/aromatic N) is 2. The summed E-state index contributed by atoms with van der Waals surface area (Å²) in [5.41, 5.74) is 3.91. The maximum atomic E-state index is 12.9. The van der Waals surface area contributed by atoms with Gasteiger partial charge in [0.1, 0.15) is 5.82 Å². The Morgan fingerprint density at radius 1 is 1.25 bits per heavy atom. The van der Waals surface area contributed by atoms with E-state index in [1.807, 2.05) is 18.5 Å². The van der Waals surface area contributed by atoms with E-state index in [-0.39, 0.29) is 24.8 Å². The van der Waals surface area contributed by atoms with Crippen molar-refractivity contribution in [3.05, 3.63) is 47.0 Å². The summed E-state index contributed by atoms with van der Waals surface area (Å²) < 4.78 is 14.7. The van der Waals surface area contributed by atoms with Crippen molar-refractivity contribution in [1.82, 2.24) is 15.1 Å². The molecule has 1 heterocycles. The Morgan fingerprint density at radius 3 is 2.50 bits per heavy atom. The summed E-state index contributed by atoms with van der Waals surface area (Å²) in [6.45, 7) is 5.27. The highest BCUT2D eigenvalue weighted by molar-refractivity contribution is 5.85. The van der Waals surface area contributed by atoms with Gasteiger partial charge in [-0.05, 0) is 38.1 Å². The minimum atomic E-state index is -0.255. The number of benzene rings is 1. The van der Waals surface area contributed by atoms with Gasteiger partial charge in [-0.25, -0.2) is 9.07 Å². The molecule has 0 spiro atoms. The number of aliphatic hydroxyl groups excluding tert-OH is 1. The second kappa shape index (κ2) is 7.38. The number of aliphatic hydroxyl groups is 1. The maximum Gasteiger partial charge on any atom is 0.123 e. The van der Waals surface area contributed by atoms with Gasteiger partial charge in [-0.15, -0.1) is 12.4 Å². The van der Waals surface area contributed by atoms with Gasteiger partial charge < -0.3 is 10.4 Å². The zero-order chi connectivity index (χ0) is 13.8. The SMILES string of the molecule is Cc1nn(-c2ccc(F)cc2)c(C)c1CNCCO.Cl. The third kappa shape index (κ3) is 3.56. The van der Waals surface area contributed by atoms with Crippen molar-refractivity contribution in [3.8, 4) is 5.69 Å². The molecule has 2 aromatic rings. The molecule has 0 amide bonds. The first kappa shape index (κ1) is 16.6. The molecular weight excluding hydrogens is 281 g/mol. The van der Waals surface area contributed by atoms with Crippen LogP contribution in [0.25, 0.3) is 5.69 Å². The largest absolute Gasteiger partial charge is 0.395 e. The van der Waals surface area contributed by atoms with Crippen molar-refractivity contribution in [2.45, 2.75) is 20.4 Å². The van der Waals surface area contributed by atoms with Gasteiger partial charge in [-0.2, -0.15) is 5.10 Å². The number of aromatic nitrogens is 2. The second-order valence-electron chi connectivity index (χ2n) is 4.44. The lowest BCUT2D eigenvalue weighted by Gasteiger charge is -2.06. The van der Waals surface area contributed by atoms with Gasteiger partial charge in [0, 0.05) is 24.3 Å². The Labute approximate surface area is 124 Å². The molecule has 1 aromatic carbocycles. The van der Waals surface area contributed by atoms with Gasteiger partial charge in [0.25, 0.3) is 0 Å². The highest BCUT2D eigenvalue weighted by atomic mass is 35.5. The van der Waals surface area contributed by atoms with Crippen LogP contribution in [0.5, 0.6) is 0 Å². The number of hydrogen-bond donors (Lipinski definition) is 2. The van der Waals surface area contributed by atoms with Crippen LogP contribution in [0, 0.1) is 19.7 Å². The molecule has 0 unspecified atom stereocenters. The summed E-state index contributed by atoms with van der Waals surface area (Å²) in [5, 5.41) is 16.4. The van der Waals surface area contributed by atoms with Gasteiger partial charge in [0.2, 0.25) is 0 Å². The first-order valence-corrected chi connectivity index (χ1v) is 6.26. The Hall–Kier alpha value is -1.43. The lowest BCUT2D eigenvalue weighted by molar-refractivity contribution is 0.292. The third-order valence-corrected chi connectivity index (χ3v) is 3.10. The first-order chi connectivity index (χ1) is 9.13. The number of halogens is 2. The van der Waals surface area contributed by atoms with E-state index < -0.39 is 0 Å². The fourth-order valence-corrected chi connectivity index (χ4v) is 2.06. The molecule has 110 valence electrons. The molecule has 20 heavy (non-hydrogen) atoms. The van der Waals surface area contributed by atoms with E-state index in [1.165, 1.54) is 12.1 Å². The smallest absolute Gasteiger partial charge is 0.123 e. The molecule has 2 rings (SSSR count). The van der Waals surface area contributed by atoms with Crippen molar-refractivity contribution in [1.29, 1.82) is 0 Å². The molecule has 0 aliphatic carbocycles. The topological polar surface area (TPSA) is 50.1 Å². The van der Waals surface area contributed by atoms with E-state index in [1.54, 1.807) is 12.1 Å². The molecule has 1 aromatic heterocycles. The van der Waals surface area contributed by atoms with Crippen LogP contribution in [0.15, 0.2) is 24.3 Å². The molecule has 0 fully saturated rings. The Morgan fingerprint density at radius 2 is 1.90 bits per heavy atom. The molecule has 0 aliphatic heterocycles. The molecule has 0 bridgehead atoms. The van der Waals surface area contributed by atoms with Crippen LogP contribution in [0.4, 0.5) is 4.39 Å². The number of nitrogens with one attached hydrogen (secondary N) is 1. The molecule has 6 heteroatoms. The molecule has 0 saturated carbocycles. The summed E-state index contributed by atoms with van der Waals surface area (Å²) >= 11 is 0. The second-order valence-corrected chi connectivity index (χ2v) is 4.44. The van der Waals surface area contributed by atoms with Crippen LogP contribution >= 0.6 is 12.4 Å². The predicted octanol–water partition coefficient (Wildman–Crippen LogP) is 2.13. The van der Waals surface area contributed by atoms with E-state index in [9.17, 15) is 4.39 Å². The quantitative estimate of drug-likeness (QED) is 0.832. The van der Waals surface area contributed by atoms with Crippen LogP contribution in [0.1, 0.15) is 17.0 Å². The Kier molecular flexibility index (Phi) is 6.13. The van der Waals surface area contributed by atoms with Crippen LogP contribution in [0.3, 0.4) is 0 Å². The zero-order valence-electron chi connectivity index (χ0n) is 11.6. The standard InChI is InChI=1S/C14H18FN3O.ClH/c1-10-14(9-16-7-8-19)11(2)18(17-10)13-5-3-12(15)4-6-13;/h3-6,16,19H,7-9H2,1-2H3;1H. The maximum absolute atomic E-state index is 12.9. The fraction of sp³-hybridized carbons (Fsp3) is 0.357.